The van der Waals surface area contributed by atoms with E-state index in [4.69, 9.17) is 18.5 Å². The Morgan fingerprint density at radius 1 is 0.611 bits per heavy atom. The molecule has 0 aromatic carbocycles. The minimum atomic E-state index is -4.65. The molecule has 0 bridgehead atoms. The number of phosphoric ester groups is 1. The lowest BCUT2D eigenvalue weighted by molar-refractivity contribution is -0.870. The summed E-state index contributed by atoms with van der Waals surface area (Å²) < 4.78 is 33.7. The van der Waals surface area contributed by atoms with E-state index in [0.717, 1.165) is 38.5 Å². The number of esters is 2. The third-order valence-corrected chi connectivity index (χ3v) is 8.99. The molecule has 0 radical (unpaired) electrons. The van der Waals surface area contributed by atoms with E-state index < -0.39 is 32.5 Å². The van der Waals surface area contributed by atoms with Crippen LogP contribution in [-0.4, -0.2) is 70.0 Å². The molecule has 0 aromatic heterocycles. The van der Waals surface area contributed by atoms with Crippen LogP contribution in [0.2, 0.25) is 0 Å². The fraction of sp³-hybridized carbons (Fsp3) is 0.636. The lowest BCUT2D eigenvalue weighted by Crippen LogP contribution is -2.37. The Balaban J connectivity index is 4.52. The maximum Gasteiger partial charge on any atom is 0.306 e. The van der Waals surface area contributed by atoms with Crippen molar-refractivity contribution in [1.29, 1.82) is 0 Å². The number of likely N-dealkylation sites (N-methyl/N-ethyl adjacent to an activating group) is 1. The first-order valence-electron chi connectivity index (χ1n) is 20.4. The fourth-order valence-electron chi connectivity index (χ4n) is 4.83. The van der Waals surface area contributed by atoms with Gasteiger partial charge in [-0.1, -0.05) is 144 Å². The molecule has 54 heavy (non-hydrogen) atoms. The molecule has 0 spiro atoms. The van der Waals surface area contributed by atoms with E-state index >= 15 is 0 Å². The number of hydrogen-bond donors (Lipinski definition) is 0. The second-order valence-electron chi connectivity index (χ2n) is 14.4. The quantitative estimate of drug-likeness (QED) is 0.0156. The molecule has 0 amide bonds. The summed E-state index contributed by atoms with van der Waals surface area (Å²) in [6, 6.07) is 0. The highest BCUT2D eigenvalue weighted by atomic mass is 31.2. The van der Waals surface area contributed by atoms with Crippen molar-refractivity contribution in [3.05, 3.63) is 85.1 Å². The lowest BCUT2D eigenvalue weighted by atomic mass is 10.1. The van der Waals surface area contributed by atoms with Crippen molar-refractivity contribution in [3.63, 3.8) is 0 Å². The van der Waals surface area contributed by atoms with Gasteiger partial charge < -0.3 is 27.9 Å². The summed E-state index contributed by atoms with van der Waals surface area (Å²) in [6.45, 7) is 3.92. The van der Waals surface area contributed by atoms with Gasteiger partial charge in [-0.2, -0.15) is 0 Å². The number of nitrogens with zero attached hydrogens (tertiary/aromatic N) is 1. The first kappa shape index (κ1) is 51.2. The molecule has 0 aromatic rings. The number of allylic oxidation sites excluding steroid dienone is 14. The van der Waals surface area contributed by atoms with Crippen LogP contribution < -0.4 is 4.89 Å². The molecule has 2 atom stereocenters. The molecule has 0 heterocycles. The van der Waals surface area contributed by atoms with E-state index in [-0.39, 0.29) is 26.1 Å². The maximum atomic E-state index is 12.6. The minimum absolute atomic E-state index is 0.0505. The highest BCUT2D eigenvalue weighted by Crippen LogP contribution is 2.38. The zero-order chi connectivity index (χ0) is 40.0. The van der Waals surface area contributed by atoms with E-state index in [1.165, 1.54) is 44.9 Å². The molecule has 0 saturated heterocycles. The summed E-state index contributed by atoms with van der Waals surface area (Å²) in [4.78, 5) is 37.4. The van der Waals surface area contributed by atoms with Crippen LogP contribution in [0.3, 0.4) is 0 Å². The van der Waals surface area contributed by atoms with Gasteiger partial charge >= 0.3 is 11.9 Å². The van der Waals surface area contributed by atoms with Crippen molar-refractivity contribution in [3.8, 4) is 0 Å². The summed E-state index contributed by atoms with van der Waals surface area (Å²) in [7, 11) is 1.10. The van der Waals surface area contributed by atoms with E-state index in [1.54, 1.807) is 0 Å². The first-order chi connectivity index (χ1) is 26.0. The number of quaternary nitrogens is 1. The standard InChI is InChI=1S/C44H74NO8P/c1-6-8-10-12-14-16-18-20-21-22-23-25-26-28-30-32-34-36-43(46)50-40-42(41-52-54(48,49)51-39-38-45(3,4)5)53-44(47)37-35-33-31-29-27-24-19-17-15-13-11-9-7-2/h9,11,13-17,19-21,24,27,29,31,42H,6-8,10,12,18,22-23,25-26,28,30,32-41H2,1-5H3/b11-9+,15-13+,16-14+,19-17+,21-20+,27-24+,31-29+. The minimum Gasteiger partial charge on any atom is -0.756 e. The molecular formula is C44H74NO8P. The molecule has 0 aliphatic heterocycles. The number of carbonyl (C=O) groups excluding carboxylic acids is 2. The summed E-state index contributed by atoms with van der Waals surface area (Å²) >= 11 is 0. The van der Waals surface area contributed by atoms with E-state index in [1.807, 2.05) is 75.8 Å². The SMILES string of the molecule is CC/C=C/C=C/C=C/C=C/C=C/CCCC(=O)OC(COC(=O)CCCCCCCCC/C=C/C/C=C/CCCCC)COP(=O)([O-])OCC[N+](C)(C)C. The number of rotatable bonds is 35. The number of carbonyl (C=O) groups is 2. The second-order valence-corrected chi connectivity index (χ2v) is 15.8. The van der Waals surface area contributed by atoms with E-state index in [2.05, 4.69) is 44.2 Å². The number of unbranched alkanes of at least 4 members (excludes halogenated alkanes) is 11. The highest BCUT2D eigenvalue weighted by Gasteiger charge is 2.21. The van der Waals surface area contributed by atoms with Gasteiger partial charge in [0.25, 0.3) is 7.82 Å². The number of hydrogen-bond acceptors (Lipinski definition) is 8. The van der Waals surface area contributed by atoms with Crippen LogP contribution in [0, 0.1) is 0 Å². The predicted molar refractivity (Wildman–Crippen MR) is 222 cm³/mol. The van der Waals surface area contributed by atoms with Gasteiger partial charge in [0.1, 0.15) is 19.8 Å². The Bertz CT molecular complexity index is 1200. The van der Waals surface area contributed by atoms with Gasteiger partial charge in [0.15, 0.2) is 6.10 Å². The molecular weight excluding hydrogens is 701 g/mol. The summed E-state index contributed by atoms with van der Waals surface area (Å²) in [5, 5.41) is 0. The Morgan fingerprint density at radius 3 is 1.76 bits per heavy atom. The molecule has 0 aliphatic rings. The Kier molecular flexibility index (Phi) is 34.0. The molecule has 9 nitrogen and oxygen atoms in total. The summed E-state index contributed by atoms with van der Waals surface area (Å²) in [5.74, 6) is -0.941. The second kappa shape index (κ2) is 35.9. The zero-order valence-corrected chi connectivity index (χ0v) is 35.3. The van der Waals surface area contributed by atoms with Crippen LogP contribution in [0.15, 0.2) is 85.1 Å². The molecule has 0 saturated carbocycles. The van der Waals surface area contributed by atoms with Gasteiger partial charge in [-0.25, -0.2) is 0 Å². The normalized spacial score (nSPS) is 14.6. The van der Waals surface area contributed by atoms with Gasteiger partial charge in [0.2, 0.25) is 0 Å². The molecule has 2 unspecified atom stereocenters. The summed E-state index contributed by atoms with van der Waals surface area (Å²) in [6.07, 6.45) is 44.8. The van der Waals surface area contributed by atoms with Crippen LogP contribution in [0.1, 0.15) is 129 Å². The van der Waals surface area contributed by atoms with Gasteiger partial charge in [-0.05, 0) is 57.8 Å². The Labute approximate surface area is 329 Å². The molecule has 0 aliphatic carbocycles. The molecule has 308 valence electrons. The average molecular weight is 776 g/mol. The van der Waals surface area contributed by atoms with Gasteiger partial charge in [0.05, 0.1) is 27.7 Å². The molecule has 0 fully saturated rings. The van der Waals surface area contributed by atoms with E-state index in [9.17, 15) is 19.0 Å². The fourth-order valence-corrected chi connectivity index (χ4v) is 5.56. The van der Waals surface area contributed by atoms with Crippen molar-refractivity contribution >= 4 is 19.8 Å². The zero-order valence-electron chi connectivity index (χ0n) is 34.4. The van der Waals surface area contributed by atoms with Gasteiger partial charge in [-0.3, -0.25) is 14.2 Å². The number of ether oxygens (including phenoxy) is 2. The van der Waals surface area contributed by atoms with Crippen molar-refractivity contribution in [1.82, 2.24) is 0 Å². The molecule has 0 rings (SSSR count). The third-order valence-electron chi connectivity index (χ3n) is 8.03. The van der Waals surface area contributed by atoms with Crippen LogP contribution in [0.5, 0.6) is 0 Å². The van der Waals surface area contributed by atoms with Crippen LogP contribution in [0.4, 0.5) is 0 Å². The Morgan fingerprint density at radius 2 is 1.15 bits per heavy atom. The van der Waals surface area contributed by atoms with Crippen LogP contribution >= 0.6 is 7.82 Å². The molecule has 0 N–H and O–H groups in total. The largest absolute Gasteiger partial charge is 0.756 e. The van der Waals surface area contributed by atoms with E-state index in [0.29, 0.717) is 30.3 Å². The van der Waals surface area contributed by atoms with Crippen molar-refractivity contribution in [2.45, 2.75) is 136 Å². The van der Waals surface area contributed by atoms with Gasteiger partial charge in [-0.15, -0.1) is 0 Å². The van der Waals surface area contributed by atoms with Crippen molar-refractivity contribution in [2.75, 3.05) is 47.5 Å². The maximum absolute atomic E-state index is 12.6. The molecule has 10 heteroatoms. The predicted octanol–water partition coefficient (Wildman–Crippen LogP) is 10.6. The van der Waals surface area contributed by atoms with Crippen molar-refractivity contribution in [2.24, 2.45) is 0 Å². The lowest BCUT2D eigenvalue weighted by Gasteiger charge is -2.28. The Hall–Kier alpha value is -2.81. The summed E-state index contributed by atoms with van der Waals surface area (Å²) in [5.41, 5.74) is 0. The first-order valence-corrected chi connectivity index (χ1v) is 21.8. The van der Waals surface area contributed by atoms with Gasteiger partial charge in [0, 0.05) is 12.8 Å². The monoisotopic (exact) mass is 776 g/mol. The van der Waals surface area contributed by atoms with Crippen molar-refractivity contribution < 1.29 is 42.1 Å². The smallest absolute Gasteiger partial charge is 0.306 e. The van der Waals surface area contributed by atoms with Crippen LogP contribution in [-0.2, 0) is 32.7 Å². The average Bonchev–Trinajstić information content (AvgIpc) is 3.12. The van der Waals surface area contributed by atoms with Crippen LogP contribution in [0.25, 0.3) is 0 Å². The number of phosphoric acid groups is 1. The topological polar surface area (TPSA) is 111 Å². The third kappa shape index (κ3) is 38.9. The highest BCUT2D eigenvalue weighted by molar-refractivity contribution is 7.45.